The number of hydrogen-bond acceptors (Lipinski definition) is 2. The van der Waals surface area contributed by atoms with Crippen LogP contribution in [-0.2, 0) is 0 Å². The summed E-state index contributed by atoms with van der Waals surface area (Å²) in [6.07, 6.45) is 0. The summed E-state index contributed by atoms with van der Waals surface area (Å²) in [5.74, 6) is 0. The van der Waals surface area contributed by atoms with Gasteiger partial charge in [-0.05, 0) is 129 Å². The normalized spacial score (nSPS) is 11.6. The molecule has 0 aliphatic heterocycles. The second-order valence-corrected chi connectivity index (χ2v) is 17.3. The van der Waals surface area contributed by atoms with Gasteiger partial charge in [0.1, 0.15) is 11.2 Å². The van der Waals surface area contributed by atoms with Crippen molar-refractivity contribution < 1.29 is 4.42 Å². The van der Waals surface area contributed by atoms with E-state index in [-0.39, 0.29) is 0 Å². The fraction of sp³-hybridized carbons (Fsp3) is 0. The third kappa shape index (κ3) is 6.76. The van der Waals surface area contributed by atoms with Gasteiger partial charge in [0.2, 0.25) is 0 Å². The molecule has 0 radical (unpaired) electrons. The number of hydrogen-bond donors (Lipinski definition) is 0. The van der Waals surface area contributed by atoms with Crippen molar-refractivity contribution in [2.45, 2.75) is 0 Å². The summed E-state index contributed by atoms with van der Waals surface area (Å²) >= 11 is 0. The van der Waals surface area contributed by atoms with Crippen molar-refractivity contribution >= 4 is 71.6 Å². The number of furan rings is 1. The number of fused-ring (bicyclic) bond motifs is 7. The van der Waals surface area contributed by atoms with E-state index in [9.17, 15) is 0 Å². The molecule has 0 atom stereocenters. The zero-order valence-corrected chi connectivity index (χ0v) is 36.6. The van der Waals surface area contributed by atoms with E-state index in [1.807, 2.05) is 12.1 Å². The topological polar surface area (TPSA) is 21.3 Å². The third-order valence-corrected chi connectivity index (χ3v) is 13.4. The Hall–Kier alpha value is -8.92. The van der Waals surface area contributed by atoms with Crippen molar-refractivity contribution in [1.29, 1.82) is 0 Å². The second kappa shape index (κ2) is 16.0. The summed E-state index contributed by atoms with van der Waals surface area (Å²) in [6.45, 7) is 0. The molecule has 0 saturated heterocycles. The number of rotatable bonds is 8. The van der Waals surface area contributed by atoms with Crippen molar-refractivity contribution in [3.8, 4) is 50.2 Å². The molecular formula is C64H42N2O. The molecule has 0 saturated carbocycles. The number of anilines is 3. The monoisotopic (exact) mass is 854 g/mol. The maximum absolute atomic E-state index is 6.28. The van der Waals surface area contributed by atoms with Gasteiger partial charge in [0.25, 0.3) is 0 Å². The van der Waals surface area contributed by atoms with Crippen LogP contribution < -0.4 is 4.90 Å². The minimum atomic E-state index is 0.876. The molecule has 0 aliphatic rings. The summed E-state index contributed by atoms with van der Waals surface area (Å²) in [6, 6.07) is 91.9. The molecule has 0 N–H and O–H groups in total. The molecule has 314 valence electrons. The van der Waals surface area contributed by atoms with E-state index in [1.165, 1.54) is 66.0 Å². The van der Waals surface area contributed by atoms with Crippen molar-refractivity contribution in [2.24, 2.45) is 0 Å². The van der Waals surface area contributed by atoms with Crippen LogP contribution in [0.3, 0.4) is 0 Å². The zero-order chi connectivity index (χ0) is 44.3. The van der Waals surface area contributed by atoms with Gasteiger partial charge in [-0.3, -0.25) is 0 Å². The Kier molecular flexibility index (Phi) is 9.17. The molecule has 13 rings (SSSR count). The molecule has 3 heteroatoms. The molecular weight excluding hydrogens is 813 g/mol. The first kappa shape index (κ1) is 38.5. The number of benzene rings is 11. The second-order valence-electron chi connectivity index (χ2n) is 17.3. The van der Waals surface area contributed by atoms with E-state index < -0.39 is 0 Å². The predicted molar refractivity (Wildman–Crippen MR) is 282 cm³/mol. The van der Waals surface area contributed by atoms with Crippen LogP contribution in [0, 0.1) is 0 Å². The number of nitrogens with zero attached hydrogens (tertiary/aromatic N) is 2. The summed E-state index contributed by atoms with van der Waals surface area (Å²) < 4.78 is 8.69. The first-order valence-electron chi connectivity index (χ1n) is 22.9. The van der Waals surface area contributed by atoms with E-state index in [0.29, 0.717) is 0 Å². The predicted octanol–water partition coefficient (Wildman–Crippen LogP) is 18.0. The Labute approximate surface area is 388 Å². The smallest absolute Gasteiger partial charge is 0.135 e. The molecule has 13 aromatic rings. The van der Waals surface area contributed by atoms with Crippen LogP contribution in [0.15, 0.2) is 259 Å². The molecule has 0 amide bonds. The highest BCUT2D eigenvalue weighted by Crippen LogP contribution is 2.42. The molecule has 3 nitrogen and oxygen atoms in total. The summed E-state index contributed by atoms with van der Waals surface area (Å²) in [5, 5.41) is 7.21. The van der Waals surface area contributed by atoms with Gasteiger partial charge >= 0.3 is 0 Å². The minimum absolute atomic E-state index is 0.876. The van der Waals surface area contributed by atoms with Gasteiger partial charge in [-0.25, -0.2) is 0 Å². The van der Waals surface area contributed by atoms with E-state index in [2.05, 4.69) is 252 Å². The Bertz CT molecular complexity index is 3920. The van der Waals surface area contributed by atoms with E-state index in [4.69, 9.17) is 4.42 Å². The molecule has 0 bridgehead atoms. The number of aromatic nitrogens is 1. The highest BCUT2D eigenvalue weighted by atomic mass is 16.3. The molecule has 2 heterocycles. The van der Waals surface area contributed by atoms with Crippen LogP contribution in [0.1, 0.15) is 0 Å². The quantitative estimate of drug-likeness (QED) is 0.152. The highest BCUT2D eigenvalue weighted by molar-refractivity contribution is 6.10. The van der Waals surface area contributed by atoms with Gasteiger partial charge in [-0.1, -0.05) is 176 Å². The molecule has 0 aliphatic carbocycles. The lowest BCUT2D eigenvalue weighted by Gasteiger charge is -2.26. The van der Waals surface area contributed by atoms with Crippen molar-refractivity contribution in [3.05, 3.63) is 255 Å². The Balaban J connectivity index is 0.850. The van der Waals surface area contributed by atoms with Crippen molar-refractivity contribution in [1.82, 2.24) is 4.57 Å². The Morgan fingerprint density at radius 2 is 0.776 bits per heavy atom. The average Bonchev–Trinajstić information content (AvgIpc) is 3.95. The zero-order valence-electron chi connectivity index (χ0n) is 36.6. The fourth-order valence-electron chi connectivity index (χ4n) is 10.1. The van der Waals surface area contributed by atoms with Crippen LogP contribution in [0.5, 0.6) is 0 Å². The van der Waals surface area contributed by atoms with Crippen LogP contribution in [0.25, 0.3) is 105 Å². The summed E-state index contributed by atoms with van der Waals surface area (Å²) in [4.78, 5) is 2.35. The highest BCUT2D eigenvalue weighted by Gasteiger charge is 2.19. The lowest BCUT2D eigenvalue weighted by Crippen LogP contribution is -2.09. The van der Waals surface area contributed by atoms with Gasteiger partial charge in [0.05, 0.1) is 16.7 Å². The lowest BCUT2D eigenvalue weighted by molar-refractivity contribution is 0.669. The summed E-state index contributed by atoms with van der Waals surface area (Å²) in [7, 11) is 0. The largest absolute Gasteiger partial charge is 0.456 e. The molecule has 11 aromatic carbocycles. The third-order valence-electron chi connectivity index (χ3n) is 13.4. The van der Waals surface area contributed by atoms with E-state index >= 15 is 0 Å². The average molecular weight is 855 g/mol. The van der Waals surface area contributed by atoms with Crippen LogP contribution in [0.4, 0.5) is 17.1 Å². The van der Waals surface area contributed by atoms with Crippen molar-refractivity contribution in [2.75, 3.05) is 4.90 Å². The molecule has 2 aromatic heterocycles. The minimum Gasteiger partial charge on any atom is -0.456 e. The standard InChI is InChI=1S/C64H42N2O/c1-2-13-48-41-51(29-28-43(48)12-1)50-15-11-14-49(40-50)46-26-24-44(25-27-46)45-30-34-52(35-31-45)65(54-38-39-64-59(42-54)58-19-6-10-23-63(58)67-64)53-36-32-47(33-37-53)55-16-3-7-20-60(55)66-61-21-8-4-17-56(61)57-18-5-9-22-62(57)66/h1-42H. The first-order chi connectivity index (χ1) is 33.2. The van der Waals surface area contributed by atoms with Gasteiger partial charge in [0.15, 0.2) is 0 Å². The maximum atomic E-state index is 6.28. The van der Waals surface area contributed by atoms with Crippen LogP contribution in [0.2, 0.25) is 0 Å². The molecule has 0 fully saturated rings. The summed E-state index contributed by atoms with van der Waals surface area (Å²) in [5.41, 5.74) is 18.0. The number of para-hydroxylation sites is 4. The van der Waals surface area contributed by atoms with Gasteiger partial charge < -0.3 is 13.9 Å². The van der Waals surface area contributed by atoms with Gasteiger partial charge in [-0.2, -0.15) is 0 Å². The lowest BCUT2D eigenvalue weighted by atomic mass is 9.96. The van der Waals surface area contributed by atoms with E-state index in [1.54, 1.807) is 0 Å². The maximum Gasteiger partial charge on any atom is 0.135 e. The van der Waals surface area contributed by atoms with Crippen LogP contribution >= 0.6 is 0 Å². The fourth-order valence-corrected chi connectivity index (χ4v) is 10.1. The van der Waals surface area contributed by atoms with Crippen molar-refractivity contribution in [3.63, 3.8) is 0 Å². The molecule has 0 unspecified atom stereocenters. The first-order valence-corrected chi connectivity index (χ1v) is 22.9. The molecule has 0 spiro atoms. The Morgan fingerprint density at radius 1 is 0.284 bits per heavy atom. The molecule has 67 heavy (non-hydrogen) atoms. The van der Waals surface area contributed by atoms with Crippen LogP contribution in [-0.4, -0.2) is 4.57 Å². The van der Waals surface area contributed by atoms with Gasteiger partial charge in [0, 0.05) is 44.2 Å². The SMILES string of the molecule is c1cc(-c2ccc(-c3ccc(N(c4ccc(-c5ccccc5-n5c6ccccc6c6ccccc65)cc4)c4ccc5oc6ccccc6c5c4)cc3)cc2)cc(-c2ccc3ccccc3c2)c1. The Morgan fingerprint density at radius 3 is 1.49 bits per heavy atom. The van der Waals surface area contributed by atoms with Gasteiger partial charge in [-0.15, -0.1) is 0 Å². The van der Waals surface area contributed by atoms with E-state index in [0.717, 1.165) is 55.8 Å².